The van der Waals surface area contributed by atoms with Crippen molar-refractivity contribution < 1.29 is 23.8 Å². The number of fused-ring (bicyclic) bond motifs is 1. The van der Waals surface area contributed by atoms with Crippen molar-refractivity contribution in [2.45, 2.75) is 26.0 Å². The number of carbonyl (C=O) groups is 2. The van der Waals surface area contributed by atoms with Crippen LogP contribution in [0.25, 0.3) is 10.2 Å². The fourth-order valence-electron chi connectivity index (χ4n) is 3.95. The van der Waals surface area contributed by atoms with Crippen molar-refractivity contribution >= 4 is 44.9 Å². The van der Waals surface area contributed by atoms with Crippen LogP contribution in [0.15, 0.2) is 71.5 Å². The summed E-state index contributed by atoms with van der Waals surface area (Å²) in [6.45, 7) is 2.89. The Morgan fingerprint density at radius 1 is 1.03 bits per heavy atom. The smallest absolute Gasteiger partial charge is 0.335 e. The van der Waals surface area contributed by atoms with Gasteiger partial charge in [0.25, 0.3) is 0 Å². The summed E-state index contributed by atoms with van der Waals surface area (Å²) in [7, 11) is 1.34. The quantitative estimate of drug-likeness (QED) is 0.194. The van der Waals surface area contributed by atoms with Crippen molar-refractivity contribution in [3.05, 3.63) is 98.1 Å². The van der Waals surface area contributed by atoms with Crippen molar-refractivity contribution in [2.24, 2.45) is 0 Å². The predicted molar refractivity (Wildman–Crippen MR) is 144 cm³/mol. The van der Waals surface area contributed by atoms with Gasteiger partial charge in [0.1, 0.15) is 12.4 Å². The van der Waals surface area contributed by atoms with Gasteiger partial charge in [0.2, 0.25) is 0 Å². The van der Waals surface area contributed by atoms with Gasteiger partial charge in [0.05, 0.1) is 23.9 Å². The van der Waals surface area contributed by atoms with E-state index in [1.54, 1.807) is 47.0 Å². The highest BCUT2D eigenvalue weighted by Crippen LogP contribution is 2.22. The van der Waals surface area contributed by atoms with Gasteiger partial charge in [-0.25, -0.2) is 4.79 Å². The topological polar surface area (TPSA) is 83.8 Å². The summed E-state index contributed by atoms with van der Waals surface area (Å²) in [6, 6.07) is 19.4. The molecule has 9 heteroatoms. The van der Waals surface area contributed by atoms with Crippen molar-refractivity contribution in [2.75, 3.05) is 20.3 Å². The van der Waals surface area contributed by atoms with E-state index in [9.17, 15) is 14.4 Å². The molecule has 1 aromatic heterocycles. The maximum atomic E-state index is 12.8. The standard InChI is InChI=1S/C28H26ClNO6S/c1-3-35-24(27(32)34-2)15-18-7-10-22(11-8-18)36-14-13-30-23-12-9-20(17-25(23)37-28(30)33)26(31)19-5-4-6-21(29)16-19/h4-12,16-17,24H,3,13-15H2,1-2H3. The number of carbonyl (C=O) groups excluding carboxylic acids is 2. The van der Waals surface area contributed by atoms with Crippen molar-refractivity contribution in [1.82, 2.24) is 4.57 Å². The second kappa shape index (κ2) is 12.2. The van der Waals surface area contributed by atoms with Crippen LogP contribution in [0.3, 0.4) is 0 Å². The van der Waals surface area contributed by atoms with Crippen LogP contribution in [-0.2, 0) is 27.2 Å². The molecule has 4 aromatic rings. The number of halogens is 1. The molecule has 1 heterocycles. The Morgan fingerprint density at radius 2 is 1.78 bits per heavy atom. The number of thiazole rings is 1. The van der Waals surface area contributed by atoms with E-state index < -0.39 is 12.1 Å². The third-order valence-corrected chi connectivity index (χ3v) is 6.95. The normalized spacial score (nSPS) is 11.9. The monoisotopic (exact) mass is 539 g/mol. The van der Waals surface area contributed by atoms with Crippen LogP contribution in [0, 0.1) is 0 Å². The maximum absolute atomic E-state index is 12.8. The molecule has 7 nitrogen and oxygen atoms in total. The number of rotatable bonds is 11. The zero-order chi connectivity index (χ0) is 26.4. The predicted octanol–water partition coefficient (Wildman–Crippen LogP) is 5.15. The molecule has 0 N–H and O–H groups in total. The highest BCUT2D eigenvalue weighted by Gasteiger charge is 2.20. The number of esters is 1. The number of ether oxygens (including phenoxy) is 3. The average Bonchev–Trinajstić information content (AvgIpc) is 3.22. The molecule has 1 atom stereocenters. The summed E-state index contributed by atoms with van der Waals surface area (Å²) in [4.78, 5) is 37.2. The Balaban J connectivity index is 1.39. The first-order chi connectivity index (χ1) is 17.9. The van der Waals surface area contributed by atoms with Gasteiger partial charge >= 0.3 is 10.8 Å². The van der Waals surface area contributed by atoms with Crippen LogP contribution < -0.4 is 9.61 Å². The van der Waals surface area contributed by atoms with Crippen LogP contribution in [0.2, 0.25) is 5.02 Å². The van der Waals surface area contributed by atoms with Gasteiger partial charge in [0, 0.05) is 29.2 Å². The molecule has 0 bridgehead atoms. The minimum Gasteiger partial charge on any atom is -0.492 e. The molecule has 0 radical (unpaired) electrons. The number of ketones is 1. The number of hydrogen-bond acceptors (Lipinski definition) is 7. The Bertz CT molecular complexity index is 1460. The van der Waals surface area contributed by atoms with Crippen molar-refractivity contribution in [3.8, 4) is 5.75 Å². The Labute approximate surface area is 223 Å². The summed E-state index contributed by atoms with van der Waals surface area (Å²) in [5.74, 6) is 0.0936. The lowest BCUT2D eigenvalue weighted by Gasteiger charge is -2.15. The summed E-state index contributed by atoms with van der Waals surface area (Å²) in [5.41, 5.74) is 2.66. The molecule has 0 amide bonds. The van der Waals surface area contributed by atoms with Gasteiger partial charge in [0.15, 0.2) is 11.9 Å². The SMILES string of the molecule is CCOC(Cc1ccc(OCCn2c(=O)sc3cc(C(=O)c4cccc(Cl)c4)ccc32)cc1)C(=O)OC. The van der Waals surface area contributed by atoms with E-state index in [-0.39, 0.29) is 17.3 Å². The molecule has 0 fully saturated rings. The van der Waals surface area contributed by atoms with E-state index in [0.717, 1.165) is 27.1 Å². The molecule has 0 saturated heterocycles. The lowest BCUT2D eigenvalue weighted by atomic mass is 10.0. The van der Waals surface area contributed by atoms with Crippen LogP contribution >= 0.6 is 22.9 Å². The zero-order valence-corrected chi connectivity index (χ0v) is 22.0. The summed E-state index contributed by atoms with van der Waals surface area (Å²) in [5, 5.41) is 0.494. The van der Waals surface area contributed by atoms with Gasteiger partial charge in [-0.3, -0.25) is 14.2 Å². The molecular weight excluding hydrogens is 514 g/mol. The van der Waals surface area contributed by atoms with Gasteiger partial charge in [-0.2, -0.15) is 0 Å². The van der Waals surface area contributed by atoms with Crippen molar-refractivity contribution in [3.63, 3.8) is 0 Å². The minimum absolute atomic E-state index is 0.119. The van der Waals surface area contributed by atoms with E-state index in [2.05, 4.69) is 0 Å². The first-order valence-electron chi connectivity index (χ1n) is 11.7. The van der Waals surface area contributed by atoms with Crippen LogP contribution in [0.1, 0.15) is 28.4 Å². The maximum Gasteiger partial charge on any atom is 0.335 e. The summed E-state index contributed by atoms with van der Waals surface area (Å²) in [6.07, 6.45) is -0.249. The van der Waals surface area contributed by atoms with E-state index in [1.165, 1.54) is 7.11 Å². The van der Waals surface area contributed by atoms with E-state index in [4.69, 9.17) is 25.8 Å². The highest BCUT2D eigenvalue weighted by atomic mass is 35.5. The average molecular weight is 540 g/mol. The molecule has 1 unspecified atom stereocenters. The van der Waals surface area contributed by atoms with Gasteiger partial charge < -0.3 is 14.2 Å². The zero-order valence-electron chi connectivity index (χ0n) is 20.4. The third kappa shape index (κ3) is 6.46. The lowest BCUT2D eigenvalue weighted by Crippen LogP contribution is -2.28. The fraction of sp³-hybridized carbons (Fsp3) is 0.250. The van der Waals surface area contributed by atoms with Crippen LogP contribution in [-0.4, -0.2) is 42.7 Å². The molecule has 3 aromatic carbocycles. The van der Waals surface area contributed by atoms with Gasteiger partial charge in [-0.15, -0.1) is 0 Å². The highest BCUT2D eigenvalue weighted by molar-refractivity contribution is 7.16. The number of aromatic nitrogens is 1. The Kier molecular flexibility index (Phi) is 8.76. The van der Waals surface area contributed by atoms with E-state index in [1.807, 2.05) is 31.2 Å². The van der Waals surface area contributed by atoms with E-state index in [0.29, 0.717) is 41.5 Å². The second-order valence-electron chi connectivity index (χ2n) is 8.21. The Hall–Kier alpha value is -3.46. The molecule has 0 spiro atoms. The Morgan fingerprint density at radius 3 is 2.49 bits per heavy atom. The molecule has 192 valence electrons. The fourth-order valence-corrected chi connectivity index (χ4v) is 5.10. The lowest BCUT2D eigenvalue weighted by molar-refractivity contribution is -0.153. The number of nitrogens with zero attached hydrogens (tertiary/aromatic N) is 1. The second-order valence-corrected chi connectivity index (χ2v) is 9.63. The molecular formula is C28H26ClNO6S. The molecule has 0 aliphatic carbocycles. The van der Waals surface area contributed by atoms with Gasteiger partial charge in [-0.05, 0) is 55.0 Å². The van der Waals surface area contributed by atoms with Crippen LogP contribution in [0.4, 0.5) is 0 Å². The number of hydrogen-bond donors (Lipinski definition) is 0. The van der Waals surface area contributed by atoms with Gasteiger partial charge in [-0.1, -0.05) is 47.2 Å². The first-order valence-corrected chi connectivity index (χ1v) is 12.9. The summed E-state index contributed by atoms with van der Waals surface area (Å²) < 4.78 is 18.5. The van der Waals surface area contributed by atoms with Crippen molar-refractivity contribution in [1.29, 1.82) is 0 Å². The van der Waals surface area contributed by atoms with E-state index >= 15 is 0 Å². The minimum atomic E-state index is -0.651. The first kappa shape index (κ1) is 26.6. The molecule has 4 rings (SSSR count). The number of methoxy groups -OCH3 is 1. The largest absolute Gasteiger partial charge is 0.492 e. The third-order valence-electron chi connectivity index (χ3n) is 5.78. The molecule has 0 aliphatic rings. The summed E-state index contributed by atoms with van der Waals surface area (Å²) >= 11 is 7.11. The molecule has 0 saturated carbocycles. The van der Waals surface area contributed by atoms with Crippen LogP contribution in [0.5, 0.6) is 5.75 Å². The number of benzene rings is 3. The molecule has 37 heavy (non-hydrogen) atoms. The molecule has 0 aliphatic heterocycles.